The molecule has 3 heterocycles. The summed E-state index contributed by atoms with van der Waals surface area (Å²) in [5.41, 5.74) is 3.34. The molecule has 8 nitrogen and oxygen atoms in total. The molecule has 130 valence electrons. The molecular weight excluding hydrogens is 330 g/mol. The van der Waals surface area contributed by atoms with E-state index in [9.17, 15) is 4.79 Å². The number of benzene rings is 1. The molecule has 3 aromatic heterocycles. The SMILES string of the molecule is Cc1cccc2c1cc(C(=O)NCc1nc(-c3cnccn3)n[nH]1)n2C. The van der Waals surface area contributed by atoms with E-state index in [0.29, 0.717) is 23.0 Å². The van der Waals surface area contributed by atoms with E-state index in [-0.39, 0.29) is 12.5 Å². The first-order valence-electron chi connectivity index (χ1n) is 8.14. The van der Waals surface area contributed by atoms with Crippen LogP contribution < -0.4 is 5.32 Å². The van der Waals surface area contributed by atoms with Crippen molar-refractivity contribution in [2.45, 2.75) is 13.5 Å². The summed E-state index contributed by atoms with van der Waals surface area (Å²) < 4.78 is 1.89. The van der Waals surface area contributed by atoms with Crippen LogP contribution in [-0.4, -0.2) is 35.6 Å². The lowest BCUT2D eigenvalue weighted by molar-refractivity contribution is 0.0942. The molecule has 2 N–H and O–H groups in total. The van der Waals surface area contributed by atoms with Gasteiger partial charge in [0.15, 0.2) is 0 Å². The molecule has 0 spiro atoms. The van der Waals surface area contributed by atoms with Crippen molar-refractivity contribution in [2.24, 2.45) is 7.05 Å². The molecule has 1 amide bonds. The molecule has 0 unspecified atom stereocenters. The van der Waals surface area contributed by atoms with E-state index in [2.05, 4.69) is 30.5 Å². The van der Waals surface area contributed by atoms with Gasteiger partial charge in [-0.2, -0.15) is 5.10 Å². The Kier molecular flexibility index (Phi) is 3.92. The van der Waals surface area contributed by atoms with Crippen molar-refractivity contribution >= 4 is 16.8 Å². The monoisotopic (exact) mass is 347 g/mol. The quantitative estimate of drug-likeness (QED) is 0.588. The topological polar surface area (TPSA) is 101 Å². The first-order valence-corrected chi connectivity index (χ1v) is 8.14. The van der Waals surface area contributed by atoms with Crippen LogP contribution in [0.15, 0.2) is 42.9 Å². The van der Waals surface area contributed by atoms with Crippen LogP contribution in [0.25, 0.3) is 22.4 Å². The van der Waals surface area contributed by atoms with Gasteiger partial charge in [0, 0.05) is 30.3 Å². The van der Waals surface area contributed by atoms with Gasteiger partial charge in [-0.15, -0.1) is 0 Å². The lowest BCUT2D eigenvalue weighted by Crippen LogP contribution is -2.25. The summed E-state index contributed by atoms with van der Waals surface area (Å²) in [6.07, 6.45) is 4.75. The standard InChI is InChI=1S/C18H17N7O/c1-11-4-3-5-14-12(11)8-15(25(14)2)18(26)21-10-16-22-17(24-23-16)13-9-19-6-7-20-13/h3-9H,10H2,1-2H3,(H,21,26)(H,22,23,24). The second-order valence-corrected chi connectivity index (χ2v) is 5.98. The van der Waals surface area contributed by atoms with Gasteiger partial charge < -0.3 is 9.88 Å². The summed E-state index contributed by atoms with van der Waals surface area (Å²) in [7, 11) is 1.89. The third-order valence-electron chi connectivity index (χ3n) is 4.28. The summed E-state index contributed by atoms with van der Waals surface area (Å²) in [6.45, 7) is 2.28. The van der Waals surface area contributed by atoms with E-state index in [1.165, 1.54) is 0 Å². The van der Waals surface area contributed by atoms with Crippen molar-refractivity contribution < 1.29 is 4.79 Å². The first kappa shape index (κ1) is 15.9. The zero-order chi connectivity index (χ0) is 18.1. The van der Waals surface area contributed by atoms with Crippen LogP contribution in [0, 0.1) is 6.92 Å². The van der Waals surface area contributed by atoms with Crippen molar-refractivity contribution in [2.75, 3.05) is 0 Å². The summed E-state index contributed by atoms with van der Waals surface area (Å²) >= 11 is 0. The average molecular weight is 347 g/mol. The Labute approximate surface area is 149 Å². The number of hydrogen-bond donors (Lipinski definition) is 2. The highest BCUT2D eigenvalue weighted by Crippen LogP contribution is 2.22. The number of aromatic amines is 1. The third-order valence-corrected chi connectivity index (χ3v) is 4.28. The number of fused-ring (bicyclic) bond motifs is 1. The predicted octanol–water partition coefficient (Wildman–Crippen LogP) is 1.99. The normalized spacial score (nSPS) is 11.0. The maximum Gasteiger partial charge on any atom is 0.268 e. The van der Waals surface area contributed by atoms with Gasteiger partial charge in [0.25, 0.3) is 5.91 Å². The first-order chi connectivity index (χ1) is 12.6. The van der Waals surface area contributed by atoms with Crippen molar-refractivity contribution in [3.63, 3.8) is 0 Å². The number of carbonyl (C=O) groups is 1. The molecule has 4 rings (SSSR count). The fourth-order valence-corrected chi connectivity index (χ4v) is 2.88. The van der Waals surface area contributed by atoms with E-state index in [0.717, 1.165) is 16.5 Å². The van der Waals surface area contributed by atoms with Crippen molar-refractivity contribution in [1.29, 1.82) is 0 Å². The zero-order valence-corrected chi connectivity index (χ0v) is 14.4. The molecule has 0 fully saturated rings. The number of nitrogens with zero attached hydrogens (tertiary/aromatic N) is 5. The molecule has 0 aliphatic carbocycles. The van der Waals surface area contributed by atoms with Gasteiger partial charge in [-0.05, 0) is 24.6 Å². The van der Waals surface area contributed by atoms with Crippen LogP contribution in [0.3, 0.4) is 0 Å². The lowest BCUT2D eigenvalue weighted by Gasteiger charge is -2.05. The summed E-state index contributed by atoms with van der Waals surface area (Å²) in [4.78, 5) is 25.1. The van der Waals surface area contributed by atoms with Crippen molar-refractivity contribution in [3.8, 4) is 11.5 Å². The fraction of sp³-hybridized carbons (Fsp3) is 0.167. The molecule has 0 saturated heterocycles. The summed E-state index contributed by atoms with van der Waals surface area (Å²) in [6, 6.07) is 7.93. The molecule has 0 atom stereocenters. The zero-order valence-electron chi connectivity index (χ0n) is 14.4. The molecule has 8 heteroatoms. The molecule has 4 aromatic rings. The number of carbonyl (C=O) groups excluding carboxylic acids is 1. The minimum absolute atomic E-state index is 0.166. The van der Waals surface area contributed by atoms with E-state index >= 15 is 0 Å². The van der Waals surface area contributed by atoms with Gasteiger partial charge in [0.2, 0.25) is 5.82 Å². The van der Waals surface area contributed by atoms with E-state index < -0.39 is 0 Å². The minimum atomic E-state index is -0.166. The number of aryl methyl sites for hydroxylation is 2. The van der Waals surface area contributed by atoms with Gasteiger partial charge in [-0.25, -0.2) is 9.97 Å². The van der Waals surface area contributed by atoms with Gasteiger partial charge in [-0.3, -0.25) is 14.9 Å². The smallest absolute Gasteiger partial charge is 0.268 e. The molecule has 0 saturated carbocycles. The number of H-pyrrole nitrogens is 1. The van der Waals surface area contributed by atoms with E-state index in [4.69, 9.17) is 0 Å². The van der Waals surface area contributed by atoms with Crippen LogP contribution in [0.5, 0.6) is 0 Å². The maximum atomic E-state index is 12.6. The van der Waals surface area contributed by atoms with Crippen molar-refractivity contribution in [1.82, 2.24) is 35.0 Å². The second kappa shape index (κ2) is 6.40. The van der Waals surface area contributed by atoms with E-state index in [1.807, 2.05) is 42.8 Å². The number of aromatic nitrogens is 6. The molecular formula is C18H17N7O. The highest BCUT2D eigenvalue weighted by Gasteiger charge is 2.15. The van der Waals surface area contributed by atoms with Crippen LogP contribution >= 0.6 is 0 Å². The molecule has 0 radical (unpaired) electrons. The third kappa shape index (κ3) is 2.81. The van der Waals surface area contributed by atoms with E-state index in [1.54, 1.807) is 18.6 Å². The number of hydrogen-bond acceptors (Lipinski definition) is 5. The molecule has 1 aromatic carbocycles. The van der Waals surface area contributed by atoms with Crippen LogP contribution in [0.2, 0.25) is 0 Å². The Morgan fingerprint density at radius 2 is 2.19 bits per heavy atom. The van der Waals surface area contributed by atoms with Crippen molar-refractivity contribution in [3.05, 3.63) is 59.9 Å². The highest BCUT2D eigenvalue weighted by molar-refractivity contribution is 5.99. The predicted molar refractivity (Wildman–Crippen MR) is 96.2 cm³/mol. The Balaban J connectivity index is 1.50. The van der Waals surface area contributed by atoms with Crippen LogP contribution in [0.1, 0.15) is 21.9 Å². The Morgan fingerprint density at radius 3 is 2.96 bits per heavy atom. The van der Waals surface area contributed by atoms with Gasteiger partial charge in [0.05, 0.1) is 12.7 Å². The Morgan fingerprint density at radius 1 is 1.31 bits per heavy atom. The number of nitrogens with one attached hydrogen (secondary N) is 2. The second-order valence-electron chi connectivity index (χ2n) is 5.98. The van der Waals surface area contributed by atoms with Gasteiger partial charge in [-0.1, -0.05) is 12.1 Å². The lowest BCUT2D eigenvalue weighted by atomic mass is 10.1. The fourth-order valence-electron chi connectivity index (χ4n) is 2.88. The minimum Gasteiger partial charge on any atom is -0.343 e. The Bertz CT molecular complexity index is 1080. The number of rotatable bonds is 4. The molecule has 0 aliphatic rings. The van der Waals surface area contributed by atoms with Gasteiger partial charge >= 0.3 is 0 Å². The molecule has 0 bridgehead atoms. The van der Waals surface area contributed by atoms with Crippen LogP contribution in [0.4, 0.5) is 0 Å². The average Bonchev–Trinajstić information content (AvgIpc) is 3.27. The van der Waals surface area contributed by atoms with Crippen LogP contribution in [-0.2, 0) is 13.6 Å². The summed E-state index contributed by atoms with van der Waals surface area (Å²) in [5.74, 6) is 0.831. The highest BCUT2D eigenvalue weighted by atomic mass is 16.1. The molecule has 26 heavy (non-hydrogen) atoms. The molecule has 0 aliphatic heterocycles. The summed E-state index contributed by atoms with van der Waals surface area (Å²) in [5, 5.41) is 10.9. The number of amides is 1. The Hall–Kier alpha value is -3.55. The largest absolute Gasteiger partial charge is 0.343 e. The van der Waals surface area contributed by atoms with Gasteiger partial charge in [0.1, 0.15) is 17.2 Å². The maximum absolute atomic E-state index is 12.6.